The van der Waals surface area contributed by atoms with Crippen LogP contribution in [0.1, 0.15) is 0 Å². The Kier molecular flexibility index (Phi) is 2.52. The standard InChI is InChI=1S/C15H10N4OS/c20-11-6-5-8-3-1-2-4-9(8)12(11)14-17-10-7-16-15(21)19-13(10)18-14/h1-7,20H,(H2,16,17,18,19,21). The lowest BCUT2D eigenvalue weighted by Crippen LogP contribution is -1.85. The maximum Gasteiger partial charge on any atom is 0.198 e. The van der Waals surface area contributed by atoms with Gasteiger partial charge in [0.25, 0.3) is 0 Å². The Morgan fingerprint density at radius 1 is 1.05 bits per heavy atom. The van der Waals surface area contributed by atoms with Crippen molar-refractivity contribution in [3.8, 4) is 17.1 Å². The van der Waals surface area contributed by atoms with Gasteiger partial charge in [0.1, 0.15) is 17.1 Å². The molecule has 0 aliphatic rings. The Hall–Kier alpha value is -2.73. The third-order valence-electron chi connectivity index (χ3n) is 3.41. The van der Waals surface area contributed by atoms with Crippen LogP contribution in [-0.4, -0.2) is 25.0 Å². The lowest BCUT2D eigenvalue weighted by Gasteiger charge is -2.06. The molecule has 0 fully saturated rings. The van der Waals surface area contributed by atoms with E-state index in [2.05, 4.69) is 19.9 Å². The van der Waals surface area contributed by atoms with Gasteiger partial charge in [0.2, 0.25) is 0 Å². The highest BCUT2D eigenvalue weighted by Crippen LogP contribution is 2.35. The number of H-pyrrole nitrogens is 2. The molecule has 0 saturated heterocycles. The molecule has 0 spiro atoms. The van der Waals surface area contributed by atoms with Crippen molar-refractivity contribution < 1.29 is 5.11 Å². The topological polar surface area (TPSA) is 77.6 Å². The van der Waals surface area contributed by atoms with Gasteiger partial charge >= 0.3 is 0 Å². The summed E-state index contributed by atoms with van der Waals surface area (Å²) in [5, 5.41) is 12.2. The number of phenolic OH excluding ortho intramolecular Hbond substituents is 1. The number of fused-ring (bicyclic) bond motifs is 2. The summed E-state index contributed by atoms with van der Waals surface area (Å²) in [4.78, 5) is 14.6. The van der Waals surface area contributed by atoms with E-state index >= 15 is 0 Å². The van der Waals surface area contributed by atoms with Gasteiger partial charge in [-0.25, -0.2) is 9.97 Å². The number of nitrogens with zero attached hydrogens (tertiary/aromatic N) is 2. The van der Waals surface area contributed by atoms with E-state index in [0.29, 0.717) is 21.8 Å². The second-order valence-corrected chi connectivity index (χ2v) is 5.10. The first-order chi connectivity index (χ1) is 10.2. The Bertz CT molecular complexity index is 1030. The molecule has 0 unspecified atom stereocenters. The number of phenols is 1. The minimum absolute atomic E-state index is 0.180. The fraction of sp³-hybridized carbons (Fsp3) is 0. The van der Waals surface area contributed by atoms with Crippen LogP contribution < -0.4 is 0 Å². The van der Waals surface area contributed by atoms with E-state index in [4.69, 9.17) is 12.2 Å². The van der Waals surface area contributed by atoms with Gasteiger partial charge in [-0.15, -0.1) is 0 Å². The Balaban J connectivity index is 2.08. The van der Waals surface area contributed by atoms with E-state index < -0.39 is 0 Å². The molecule has 3 N–H and O–H groups in total. The largest absolute Gasteiger partial charge is 0.507 e. The van der Waals surface area contributed by atoms with Crippen LogP contribution in [0.15, 0.2) is 42.6 Å². The van der Waals surface area contributed by atoms with Crippen LogP contribution in [0, 0.1) is 4.77 Å². The zero-order valence-corrected chi connectivity index (χ0v) is 11.6. The third kappa shape index (κ3) is 1.88. The van der Waals surface area contributed by atoms with Crippen molar-refractivity contribution in [2.45, 2.75) is 0 Å². The van der Waals surface area contributed by atoms with E-state index in [1.165, 1.54) is 0 Å². The average molecular weight is 294 g/mol. The number of aromatic hydroxyl groups is 1. The first-order valence-corrected chi connectivity index (χ1v) is 6.79. The number of benzene rings is 2. The van der Waals surface area contributed by atoms with Gasteiger partial charge in [0, 0.05) is 0 Å². The van der Waals surface area contributed by atoms with Crippen LogP contribution in [0.5, 0.6) is 5.75 Å². The maximum absolute atomic E-state index is 10.2. The molecule has 2 aromatic heterocycles. The van der Waals surface area contributed by atoms with Crippen LogP contribution in [0.4, 0.5) is 0 Å². The molecular weight excluding hydrogens is 284 g/mol. The molecule has 2 heterocycles. The molecule has 2 aromatic carbocycles. The maximum atomic E-state index is 10.2. The summed E-state index contributed by atoms with van der Waals surface area (Å²) in [6, 6.07) is 11.4. The Labute approximate surface area is 124 Å². The predicted molar refractivity (Wildman–Crippen MR) is 83.7 cm³/mol. The molecule has 0 aliphatic heterocycles. The number of nitrogens with one attached hydrogen (secondary N) is 2. The first kappa shape index (κ1) is 12.0. The highest BCUT2D eigenvalue weighted by Gasteiger charge is 2.13. The second kappa shape index (κ2) is 4.39. The SMILES string of the molecule is Oc1ccc2ccccc2c1-c1nc2[nH]c(=S)ncc2[nH]1. The third-order valence-corrected chi connectivity index (χ3v) is 3.62. The fourth-order valence-corrected chi connectivity index (χ4v) is 2.61. The quantitative estimate of drug-likeness (QED) is 0.469. The number of aromatic amines is 2. The molecule has 0 amide bonds. The summed E-state index contributed by atoms with van der Waals surface area (Å²) in [6.07, 6.45) is 1.63. The molecule has 5 nitrogen and oxygen atoms in total. The molecule has 0 aliphatic carbocycles. The summed E-state index contributed by atoms with van der Waals surface area (Å²) < 4.78 is 0.377. The van der Waals surface area contributed by atoms with Crippen molar-refractivity contribution in [3.05, 3.63) is 47.4 Å². The normalized spacial score (nSPS) is 11.2. The molecule has 0 radical (unpaired) electrons. The second-order valence-electron chi connectivity index (χ2n) is 4.72. The monoisotopic (exact) mass is 294 g/mol. The summed E-state index contributed by atoms with van der Waals surface area (Å²) in [5.41, 5.74) is 2.03. The molecule has 6 heteroatoms. The van der Waals surface area contributed by atoms with Crippen molar-refractivity contribution in [2.75, 3.05) is 0 Å². The minimum atomic E-state index is 0.180. The first-order valence-electron chi connectivity index (χ1n) is 6.38. The highest BCUT2D eigenvalue weighted by atomic mass is 32.1. The van der Waals surface area contributed by atoms with Crippen molar-refractivity contribution in [3.63, 3.8) is 0 Å². The van der Waals surface area contributed by atoms with Gasteiger partial charge in [-0.3, -0.25) is 0 Å². The van der Waals surface area contributed by atoms with Crippen LogP contribution in [0.3, 0.4) is 0 Å². The predicted octanol–water partition coefficient (Wildman–Crippen LogP) is 3.54. The molecule has 0 saturated carbocycles. The van der Waals surface area contributed by atoms with Crippen LogP contribution in [0.25, 0.3) is 33.3 Å². The lowest BCUT2D eigenvalue weighted by atomic mass is 10.0. The van der Waals surface area contributed by atoms with E-state index in [9.17, 15) is 5.11 Å². The summed E-state index contributed by atoms with van der Waals surface area (Å²) >= 11 is 5.00. The van der Waals surface area contributed by atoms with Gasteiger partial charge in [-0.05, 0) is 29.1 Å². The molecule has 4 rings (SSSR count). The summed E-state index contributed by atoms with van der Waals surface area (Å²) in [6.45, 7) is 0. The number of aromatic nitrogens is 4. The van der Waals surface area contributed by atoms with Gasteiger partial charge in [-0.1, -0.05) is 30.3 Å². The van der Waals surface area contributed by atoms with E-state index in [1.807, 2.05) is 30.3 Å². The smallest absolute Gasteiger partial charge is 0.198 e. The van der Waals surface area contributed by atoms with Gasteiger partial charge in [0.05, 0.1) is 11.8 Å². The van der Waals surface area contributed by atoms with E-state index in [1.54, 1.807) is 12.3 Å². The summed E-state index contributed by atoms with van der Waals surface area (Å²) in [7, 11) is 0. The number of rotatable bonds is 1. The van der Waals surface area contributed by atoms with Crippen LogP contribution in [0.2, 0.25) is 0 Å². The lowest BCUT2D eigenvalue weighted by molar-refractivity contribution is 0.477. The Morgan fingerprint density at radius 3 is 2.81 bits per heavy atom. The van der Waals surface area contributed by atoms with Gasteiger partial charge in [0.15, 0.2) is 10.4 Å². The van der Waals surface area contributed by atoms with Crippen molar-refractivity contribution in [1.29, 1.82) is 0 Å². The van der Waals surface area contributed by atoms with Crippen molar-refractivity contribution >= 4 is 34.2 Å². The summed E-state index contributed by atoms with van der Waals surface area (Å²) in [5.74, 6) is 0.761. The van der Waals surface area contributed by atoms with Crippen LogP contribution in [-0.2, 0) is 0 Å². The van der Waals surface area contributed by atoms with E-state index in [-0.39, 0.29) is 5.75 Å². The van der Waals surface area contributed by atoms with Gasteiger partial charge < -0.3 is 15.1 Å². The molecule has 0 atom stereocenters. The number of imidazole rings is 1. The van der Waals surface area contributed by atoms with E-state index in [0.717, 1.165) is 16.3 Å². The molecule has 4 aromatic rings. The average Bonchev–Trinajstić information content (AvgIpc) is 2.89. The van der Waals surface area contributed by atoms with Crippen LogP contribution >= 0.6 is 12.2 Å². The molecule has 0 bridgehead atoms. The van der Waals surface area contributed by atoms with Crippen molar-refractivity contribution in [1.82, 2.24) is 19.9 Å². The number of hydrogen-bond acceptors (Lipinski definition) is 4. The molecule has 21 heavy (non-hydrogen) atoms. The fourth-order valence-electron chi connectivity index (χ4n) is 2.46. The van der Waals surface area contributed by atoms with Gasteiger partial charge in [-0.2, -0.15) is 0 Å². The highest BCUT2D eigenvalue weighted by molar-refractivity contribution is 7.71. The zero-order valence-electron chi connectivity index (χ0n) is 10.8. The molecule has 102 valence electrons. The number of hydrogen-bond donors (Lipinski definition) is 3. The minimum Gasteiger partial charge on any atom is -0.507 e. The molecular formula is C15H10N4OS. The zero-order chi connectivity index (χ0) is 14.4. The Morgan fingerprint density at radius 2 is 1.90 bits per heavy atom. The van der Waals surface area contributed by atoms with Crippen molar-refractivity contribution in [2.24, 2.45) is 0 Å².